The molecule has 1 fully saturated rings. The van der Waals surface area contributed by atoms with Crippen molar-refractivity contribution < 1.29 is 9.53 Å². The van der Waals surface area contributed by atoms with Crippen molar-refractivity contribution in [3.8, 4) is 11.1 Å². The topological polar surface area (TPSA) is 76.1 Å². The maximum atomic E-state index is 12.1. The largest absolute Gasteiger partial charge is 0.380 e. The molecule has 1 aliphatic carbocycles. The number of benzene rings is 1. The van der Waals surface area contributed by atoms with Crippen molar-refractivity contribution in [2.45, 2.75) is 19.4 Å². The summed E-state index contributed by atoms with van der Waals surface area (Å²) in [6.45, 7) is 0.554. The second kappa shape index (κ2) is 7.32. The highest BCUT2D eigenvalue weighted by Crippen LogP contribution is 2.34. The van der Waals surface area contributed by atoms with Crippen LogP contribution in [0.1, 0.15) is 18.4 Å². The van der Waals surface area contributed by atoms with Gasteiger partial charge in [-0.05, 0) is 41.5 Å². The van der Waals surface area contributed by atoms with Crippen molar-refractivity contribution in [2.24, 2.45) is 5.92 Å². The van der Waals surface area contributed by atoms with Gasteiger partial charge in [0.15, 0.2) is 0 Å². The van der Waals surface area contributed by atoms with Gasteiger partial charge in [-0.25, -0.2) is 9.97 Å². The first-order valence-electron chi connectivity index (χ1n) is 9.05. The number of methoxy groups -OCH3 is 1. The predicted octanol–water partition coefficient (Wildman–Crippen LogP) is 3.83. The lowest BCUT2D eigenvalue weighted by Crippen LogP contribution is -2.14. The van der Waals surface area contributed by atoms with Crippen LogP contribution in [-0.4, -0.2) is 30.0 Å². The third-order valence-corrected chi connectivity index (χ3v) is 4.76. The van der Waals surface area contributed by atoms with Gasteiger partial charge in [-0.3, -0.25) is 4.79 Å². The average molecular weight is 362 g/mol. The first kappa shape index (κ1) is 17.4. The van der Waals surface area contributed by atoms with Crippen LogP contribution in [-0.2, 0) is 16.1 Å². The number of pyridine rings is 2. The molecular weight excluding hydrogens is 340 g/mol. The van der Waals surface area contributed by atoms with E-state index in [9.17, 15) is 4.79 Å². The zero-order chi connectivity index (χ0) is 18.8. The first-order valence-corrected chi connectivity index (χ1v) is 9.05. The molecule has 0 radical (unpaired) electrons. The molecule has 0 unspecified atom stereocenters. The van der Waals surface area contributed by atoms with Gasteiger partial charge in [0.05, 0.1) is 6.61 Å². The number of ether oxygens (including phenoxy) is 1. The summed E-state index contributed by atoms with van der Waals surface area (Å²) in [6.07, 6.45) is 5.54. The predicted molar refractivity (Wildman–Crippen MR) is 107 cm³/mol. The Bertz CT molecular complexity index is 999. The zero-order valence-electron chi connectivity index (χ0n) is 15.5. The van der Waals surface area contributed by atoms with E-state index in [1.54, 1.807) is 13.3 Å². The highest BCUT2D eigenvalue weighted by Gasteiger charge is 2.29. The number of hydrogen-bond acceptors (Lipinski definition) is 5. The number of fused-ring (bicyclic) bond motifs is 1. The average Bonchev–Trinajstić information content (AvgIpc) is 3.53. The minimum absolute atomic E-state index is 0.0494. The molecule has 6 nitrogen and oxygen atoms in total. The van der Waals surface area contributed by atoms with E-state index in [1.807, 2.05) is 31.4 Å². The number of nitrogens with zero attached hydrogens (tertiary/aromatic N) is 2. The second-order valence-corrected chi connectivity index (χ2v) is 6.78. The van der Waals surface area contributed by atoms with Crippen LogP contribution in [0.2, 0.25) is 0 Å². The fraction of sp³-hybridized carbons (Fsp3) is 0.286. The van der Waals surface area contributed by atoms with E-state index in [0.29, 0.717) is 12.4 Å². The number of nitrogens with one attached hydrogen (secondary N) is 2. The van der Waals surface area contributed by atoms with Crippen LogP contribution in [0.4, 0.5) is 11.6 Å². The van der Waals surface area contributed by atoms with Crippen molar-refractivity contribution in [2.75, 3.05) is 24.8 Å². The molecule has 1 saturated carbocycles. The number of carbonyl (C=O) groups excluding carboxylic acids is 1. The number of amides is 1. The van der Waals surface area contributed by atoms with Gasteiger partial charge in [0.25, 0.3) is 0 Å². The molecule has 6 heteroatoms. The number of anilines is 2. The summed E-state index contributed by atoms with van der Waals surface area (Å²) in [5.41, 5.74) is 3.14. The Morgan fingerprint density at radius 3 is 2.78 bits per heavy atom. The Kier molecular flexibility index (Phi) is 4.73. The summed E-state index contributed by atoms with van der Waals surface area (Å²) in [5, 5.41) is 7.95. The van der Waals surface area contributed by atoms with Gasteiger partial charge in [0.1, 0.15) is 11.6 Å². The van der Waals surface area contributed by atoms with Crippen molar-refractivity contribution in [3.63, 3.8) is 0 Å². The fourth-order valence-corrected chi connectivity index (χ4v) is 3.20. The van der Waals surface area contributed by atoms with Gasteiger partial charge in [-0.1, -0.05) is 18.2 Å². The van der Waals surface area contributed by atoms with E-state index in [-0.39, 0.29) is 11.8 Å². The minimum Gasteiger partial charge on any atom is -0.380 e. The van der Waals surface area contributed by atoms with Gasteiger partial charge < -0.3 is 15.4 Å². The number of hydrogen-bond donors (Lipinski definition) is 2. The maximum Gasteiger partial charge on any atom is 0.228 e. The Morgan fingerprint density at radius 2 is 2.04 bits per heavy atom. The van der Waals surface area contributed by atoms with Crippen molar-refractivity contribution in [1.29, 1.82) is 0 Å². The fourth-order valence-electron chi connectivity index (χ4n) is 3.20. The SMILES string of the molecule is CNc1ncc(-c2cccc(COC)c2)c2cc(NC(=O)C3CC3)ncc12. The van der Waals surface area contributed by atoms with E-state index >= 15 is 0 Å². The summed E-state index contributed by atoms with van der Waals surface area (Å²) in [7, 11) is 3.52. The standard InChI is InChI=1S/C21H22N4O2/c1-22-20-18-11-23-19(25-21(26)14-6-7-14)9-16(18)17(10-24-20)15-5-3-4-13(8-15)12-27-2/h3-5,8-11,14H,6-7,12H2,1-2H3,(H,22,24)(H,23,25,26). The van der Waals surface area contributed by atoms with E-state index in [2.05, 4.69) is 32.7 Å². The lowest BCUT2D eigenvalue weighted by Gasteiger charge is -2.13. The summed E-state index contributed by atoms with van der Waals surface area (Å²) in [4.78, 5) is 21.1. The monoisotopic (exact) mass is 362 g/mol. The molecule has 2 N–H and O–H groups in total. The molecule has 138 valence electrons. The van der Waals surface area contributed by atoms with Gasteiger partial charge >= 0.3 is 0 Å². The highest BCUT2D eigenvalue weighted by atomic mass is 16.5. The third-order valence-electron chi connectivity index (χ3n) is 4.76. The maximum absolute atomic E-state index is 12.1. The molecule has 1 aromatic carbocycles. The van der Waals surface area contributed by atoms with E-state index < -0.39 is 0 Å². The number of aromatic nitrogens is 2. The van der Waals surface area contributed by atoms with Crippen molar-refractivity contribution in [3.05, 3.63) is 48.3 Å². The second-order valence-electron chi connectivity index (χ2n) is 6.78. The van der Waals surface area contributed by atoms with Crippen LogP contribution in [0.15, 0.2) is 42.7 Å². The molecule has 0 bridgehead atoms. The molecule has 2 aromatic heterocycles. The van der Waals surface area contributed by atoms with Crippen LogP contribution in [0, 0.1) is 5.92 Å². The van der Waals surface area contributed by atoms with E-state index in [4.69, 9.17) is 4.74 Å². The van der Waals surface area contributed by atoms with E-state index in [1.165, 1.54) is 0 Å². The van der Waals surface area contributed by atoms with Gasteiger partial charge in [-0.15, -0.1) is 0 Å². The van der Waals surface area contributed by atoms with Gasteiger partial charge in [0, 0.05) is 43.4 Å². The molecular formula is C21H22N4O2. The van der Waals surface area contributed by atoms with E-state index in [0.717, 1.165) is 46.1 Å². The molecule has 27 heavy (non-hydrogen) atoms. The quantitative estimate of drug-likeness (QED) is 0.697. The summed E-state index contributed by atoms with van der Waals surface area (Å²) < 4.78 is 5.25. The lowest BCUT2D eigenvalue weighted by atomic mass is 10.00. The van der Waals surface area contributed by atoms with Crippen LogP contribution >= 0.6 is 0 Å². The molecule has 1 amide bonds. The van der Waals surface area contributed by atoms with Crippen LogP contribution in [0.5, 0.6) is 0 Å². The van der Waals surface area contributed by atoms with Gasteiger partial charge in [0.2, 0.25) is 5.91 Å². The first-order chi connectivity index (χ1) is 13.2. The zero-order valence-corrected chi connectivity index (χ0v) is 15.5. The number of carbonyl (C=O) groups is 1. The summed E-state index contributed by atoms with van der Waals surface area (Å²) in [5.74, 6) is 1.52. The normalized spacial score (nSPS) is 13.6. The molecule has 0 saturated heterocycles. The smallest absolute Gasteiger partial charge is 0.228 e. The third kappa shape index (κ3) is 3.61. The minimum atomic E-state index is 0.0494. The molecule has 0 aliphatic heterocycles. The number of rotatable bonds is 6. The van der Waals surface area contributed by atoms with Crippen LogP contribution in [0.25, 0.3) is 21.9 Å². The lowest BCUT2D eigenvalue weighted by molar-refractivity contribution is -0.117. The van der Waals surface area contributed by atoms with Crippen molar-refractivity contribution in [1.82, 2.24) is 9.97 Å². The summed E-state index contributed by atoms with van der Waals surface area (Å²) in [6, 6.07) is 10.1. The molecule has 4 rings (SSSR count). The van der Waals surface area contributed by atoms with Crippen LogP contribution in [0.3, 0.4) is 0 Å². The Balaban J connectivity index is 1.81. The highest BCUT2D eigenvalue weighted by molar-refractivity contribution is 6.03. The summed E-state index contributed by atoms with van der Waals surface area (Å²) >= 11 is 0. The Labute approximate surface area is 158 Å². The van der Waals surface area contributed by atoms with Gasteiger partial charge in [-0.2, -0.15) is 0 Å². The molecule has 1 aliphatic rings. The molecule has 2 heterocycles. The Hall–Kier alpha value is -2.99. The molecule has 3 aromatic rings. The molecule has 0 spiro atoms. The van der Waals surface area contributed by atoms with Crippen molar-refractivity contribution >= 4 is 28.3 Å². The Morgan fingerprint density at radius 1 is 1.19 bits per heavy atom. The molecule has 0 atom stereocenters. The van der Waals surface area contributed by atoms with Crippen LogP contribution < -0.4 is 10.6 Å².